The molecule has 0 atom stereocenters. The first-order chi connectivity index (χ1) is 14.7. The Balaban J connectivity index is 0.000000720. The van der Waals surface area contributed by atoms with Crippen LogP contribution in [0.3, 0.4) is 0 Å². The highest BCUT2D eigenvalue weighted by atomic mass is 14.7. The van der Waals surface area contributed by atoms with Crippen LogP contribution in [-0.2, 0) is 5.41 Å². The number of rotatable bonds is 5. The summed E-state index contributed by atoms with van der Waals surface area (Å²) in [4.78, 5) is 4.74. The van der Waals surface area contributed by atoms with Crippen LogP contribution in [0, 0.1) is 5.92 Å². The molecule has 1 heteroatoms. The fourth-order valence-corrected chi connectivity index (χ4v) is 4.33. The van der Waals surface area contributed by atoms with Crippen LogP contribution in [0.15, 0.2) is 59.8 Å². The predicted octanol–water partition coefficient (Wildman–Crippen LogP) is 9.68. The van der Waals surface area contributed by atoms with E-state index in [4.69, 9.17) is 4.98 Å². The van der Waals surface area contributed by atoms with E-state index in [0.29, 0.717) is 0 Å². The van der Waals surface area contributed by atoms with Gasteiger partial charge in [-0.2, -0.15) is 0 Å². The van der Waals surface area contributed by atoms with E-state index >= 15 is 0 Å². The minimum Gasteiger partial charge on any atom is -0.256 e. The van der Waals surface area contributed by atoms with Gasteiger partial charge < -0.3 is 0 Å². The minimum atomic E-state index is -0.000528. The predicted molar refractivity (Wildman–Crippen MR) is 142 cm³/mol. The second-order valence-corrected chi connectivity index (χ2v) is 9.26. The Kier molecular flexibility index (Phi) is 11.0. The lowest BCUT2D eigenvalue weighted by Crippen LogP contribution is -2.26. The molecule has 0 saturated heterocycles. The van der Waals surface area contributed by atoms with E-state index in [1.54, 1.807) is 0 Å². The number of pyridine rings is 1. The number of benzene rings is 1. The molecule has 3 rings (SSSR count). The molecule has 0 unspecified atom stereocenters. The van der Waals surface area contributed by atoms with Gasteiger partial charge in [0, 0.05) is 17.0 Å². The molecule has 1 aliphatic rings. The standard InChI is InChI=1S/C24H29N.C4H10.C2H6/c1-6-7-8-9-10-12-17(2)22-18(3)23-21-19(15-16-25-23)13-11-14-20(21)24(22,4)5;1-4(2)3;1-2/h7-8,11-16H,6,9-10H2,1-5H3;4H,1-3H3;1-2H3/b8-7?,17-12-;;. The van der Waals surface area contributed by atoms with Crippen molar-refractivity contribution in [2.75, 3.05) is 0 Å². The highest BCUT2D eigenvalue weighted by Gasteiger charge is 2.35. The Morgan fingerprint density at radius 2 is 1.68 bits per heavy atom. The van der Waals surface area contributed by atoms with Crippen molar-refractivity contribution in [3.05, 3.63) is 71.1 Å². The average molecular weight is 420 g/mol. The third kappa shape index (κ3) is 6.66. The molecular weight excluding hydrogens is 374 g/mol. The molecule has 31 heavy (non-hydrogen) atoms. The summed E-state index contributed by atoms with van der Waals surface area (Å²) in [6.45, 7) is 21.9. The maximum absolute atomic E-state index is 4.74. The van der Waals surface area contributed by atoms with Gasteiger partial charge in [0.2, 0.25) is 0 Å². The molecule has 0 fully saturated rings. The minimum absolute atomic E-state index is 0.000528. The third-order valence-electron chi connectivity index (χ3n) is 5.40. The van der Waals surface area contributed by atoms with E-state index in [-0.39, 0.29) is 5.41 Å². The lowest BCUT2D eigenvalue weighted by atomic mass is 9.67. The van der Waals surface area contributed by atoms with Gasteiger partial charge in [-0.25, -0.2) is 0 Å². The smallest absolute Gasteiger partial charge is 0.0743 e. The van der Waals surface area contributed by atoms with Crippen molar-refractivity contribution in [1.29, 1.82) is 0 Å². The molecule has 2 aromatic rings. The van der Waals surface area contributed by atoms with E-state index in [1.807, 2.05) is 20.0 Å². The SMILES string of the molecule is CC.CC(C)C.CCC=CCC/C=C(/C)C1=C(C)c2nccc3cccc(c23)C1(C)C. The molecule has 0 saturated carbocycles. The fourth-order valence-electron chi connectivity index (χ4n) is 4.33. The summed E-state index contributed by atoms with van der Waals surface area (Å²) in [6, 6.07) is 8.77. The Morgan fingerprint density at radius 3 is 2.29 bits per heavy atom. The van der Waals surface area contributed by atoms with Crippen molar-refractivity contribution in [3.8, 4) is 0 Å². The van der Waals surface area contributed by atoms with Gasteiger partial charge in [0.05, 0.1) is 5.69 Å². The molecule has 1 nitrogen and oxygen atoms in total. The highest BCUT2D eigenvalue weighted by molar-refractivity contribution is 5.99. The van der Waals surface area contributed by atoms with Crippen molar-refractivity contribution in [2.24, 2.45) is 5.92 Å². The third-order valence-corrected chi connectivity index (χ3v) is 5.40. The molecule has 0 amide bonds. The number of aromatic nitrogens is 1. The van der Waals surface area contributed by atoms with Crippen molar-refractivity contribution in [1.82, 2.24) is 4.98 Å². The second kappa shape index (κ2) is 12.6. The van der Waals surface area contributed by atoms with Crippen molar-refractivity contribution in [2.45, 2.75) is 93.9 Å². The van der Waals surface area contributed by atoms with E-state index in [9.17, 15) is 0 Å². The molecule has 1 aliphatic carbocycles. The number of nitrogens with zero attached hydrogens (tertiary/aromatic N) is 1. The summed E-state index contributed by atoms with van der Waals surface area (Å²) in [6.07, 6.45) is 12.2. The molecule has 170 valence electrons. The Morgan fingerprint density at radius 1 is 1.03 bits per heavy atom. The van der Waals surface area contributed by atoms with Gasteiger partial charge in [-0.05, 0) is 67.2 Å². The first kappa shape index (κ1) is 26.9. The van der Waals surface area contributed by atoms with E-state index in [2.05, 4.69) is 97.9 Å². The Bertz CT molecular complexity index is 915. The first-order valence-corrected chi connectivity index (χ1v) is 12.1. The van der Waals surface area contributed by atoms with Crippen LogP contribution in [0.5, 0.6) is 0 Å². The van der Waals surface area contributed by atoms with Crippen molar-refractivity contribution < 1.29 is 0 Å². The maximum Gasteiger partial charge on any atom is 0.0743 e. The summed E-state index contributed by atoms with van der Waals surface area (Å²) < 4.78 is 0. The normalized spacial score (nSPS) is 15.0. The quantitative estimate of drug-likeness (QED) is 0.347. The van der Waals surface area contributed by atoms with Crippen molar-refractivity contribution >= 4 is 16.3 Å². The summed E-state index contributed by atoms with van der Waals surface area (Å²) in [5.41, 5.74) is 6.70. The number of allylic oxidation sites excluding steroid dienone is 6. The highest BCUT2D eigenvalue weighted by Crippen LogP contribution is 2.48. The van der Waals surface area contributed by atoms with Crippen LogP contribution >= 0.6 is 0 Å². The zero-order chi connectivity index (χ0) is 23.6. The van der Waals surface area contributed by atoms with E-state index in [1.165, 1.54) is 33.1 Å². The lowest BCUT2D eigenvalue weighted by Gasteiger charge is -2.36. The van der Waals surface area contributed by atoms with Crippen LogP contribution in [0.2, 0.25) is 0 Å². The molecule has 0 N–H and O–H groups in total. The molecule has 1 aromatic heterocycles. The van der Waals surface area contributed by atoms with E-state index in [0.717, 1.165) is 30.9 Å². The molecule has 0 radical (unpaired) electrons. The summed E-state index contributed by atoms with van der Waals surface area (Å²) in [7, 11) is 0. The van der Waals surface area contributed by atoms with Gasteiger partial charge >= 0.3 is 0 Å². The van der Waals surface area contributed by atoms with Crippen LogP contribution in [-0.4, -0.2) is 4.98 Å². The summed E-state index contributed by atoms with van der Waals surface area (Å²) in [5, 5.41) is 2.62. The molecular formula is C30H45N. The van der Waals surface area contributed by atoms with Gasteiger partial charge in [-0.15, -0.1) is 0 Å². The zero-order valence-electron chi connectivity index (χ0n) is 21.8. The molecule has 0 bridgehead atoms. The van der Waals surface area contributed by atoms with Gasteiger partial charge in [0.1, 0.15) is 0 Å². The van der Waals surface area contributed by atoms with Crippen LogP contribution in [0.1, 0.15) is 99.8 Å². The van der Waals surface area contributed by atoms with Crippen molar-refractivity contribution in [3.63, 3.8) is 0 Å². The number of unbranched alkanes of at least 4 members (excludes halogenated alkanes) is 1. The van der Waals surface area contributed by atoms with Gasteiger partial charge in [0.15, 0.2) is 0 Å². The average Bonchev–Trinajstić information content (AvgIpc) is 2.73. The lowest BCUT2D eigenvalue weighted by molar-refractivity contribution is 0.632. The summed E-state index contributed by atoms with van der Waals surface area (Å²) >= 11 is 0. The van der Waals surface area contributed by atoms with Crippen LogP contribution < -0.4 is 0 Å². The molecule has 0 aliphatic heterocycles. The number of hydrogen-bond donors (Lipinski definition) is 0. The van der Waals surface area contributed by atoms with Gasteiger partial charge in [-0.3, -0.25) is 4.98 Å². The van der Waals surface area contributed by atoms with E-state index < -0.39 is 0 Å². The molecule has 1 aromatic carbocycles. The van der Waals surface area contributed by atoms with Crippen LogP contribution in [0.25, 0.3) is 16.3 Å². The monoisotopic (exact) mass is 419 g/mol. The maximum atomic E-state index is 4.74. The molecule has 1 heterocycles. The van der Waals surface area contributed by atoms with Gasteiger partial charge in [-0.1, -0.05) is 97.4 Å². The summed E-state index contributed by atoms with van der Waals surface area (Å²) in [5.74, 6) is 0.833. The second-order valence-electron chi connectivity index (χ2n) is 9.26. The Labute approximate surface area is 192 Å². The zero-order valence-corrected chi connectivity index (χ0v) is 21.8. The Hall–Kier alpha value is -2.15. The topological polar surface area (TPSA) is 12.9 Å². The first-order valence-electron chi connectivity index (χ1n) is 12.1. The largest absolute Gasteiger partial charge is 0.256 e. The molecule has 0 spiro atoms. The van der Waals surface area contributed by atoms with Gasteiger partial charge in [0.25, 0.3) is 0 Å². The fraction of sp³-hybridized carbons (Fsp3) is 0.500. The number of hydrogen-bond acceptors (Lipinski definition) is 1. The van der Waals surface area contributed by atoms with Crippen LogP contribution in [0.4, 0.5) is 0 Å².